The average molecular weight is 332 g/mol. The molecule has 116 valence electrons. The van der Waals surface area contributed by atoms with E-state index in [0.717, 1.165) is 25.9 Å². The van der Waals surface area contributed by atoms with Crippen LogP contribution in [0.3, 0.4) is 0 Å². The minimum atomic E-state index is -0.190. The molecule has 7 heteroatoms. The molecule has 1 aromatic rings. The van der Waals surface area contributed by atoms with Gasteiger partial charge in [-0.1, -0.05) is 11.6 Å². The van der Waals surface area contributed by atoms with Crippen LogP contribution >= 0.6 is 24.0 Å². The Morgan fingerprint density at radius 2 is 1.95 bits per heavy atom. The van der Waals surface area contributed by atoms with E-state index in [1.165, 1.54) is 0 Å². The highest BCUT2D eigenvalue weighted by Crippen LogP contribution is 2.24. The van der Waals surface area contributed by atoms with Gasteiger partial charge >= 0.3 is 0 Å². The highest BCUT2D eigenvalue weighted by atomic mass is 35.5. The summed E-state index contributed by atoms with van der Waals surface area (Å²) < 4.78 is 0. The number of nitrogens with one attached hydrogen (secondary N) is 2. The molecule has 0 radical (unpaired) electrons. The van der Waals surface area contributed by atoms with Crippen molar-refractivity contribution in [2.24, 2.45) is 0 Å². The number of rotatable bonds is 4. The fourth-order valence-corrected chi connectivity index (χ4v) is 2.42. The molecule has 0 spiro atoms. The van der Waals surface area contributed by atoms with Crippen molar-refractivity contribution in [1.82, 2.24) is 10.2 Å². The lowest BCUT2D eigenvalue weighted by molar-refractivity contribution is -0.115. The third-order valence-electron chi connectivity index (χ3n) is 3.22. The Bertz CT molecular complexity index is 517. The predicted octanol–water partition coefficient (Wildman–Crippen LogP) is 2.16. The molecular weight excluding hydrogens is 313 g/mol. The molecule has 0 aliphatic carbocycles. The Balaban J connectivity index is 0.00000220. The van der Waals surface area contributed by atoms with Crippen LogP contribution in [0, 0.1) is 0 Å². The van der Waals surface area contributed by atoms with E-state index < -0.39 is 0 Å². The van der Waals surface area contributed by atoms with E-state index in [-0.39, 0.29) is 30.8 Å². The highest BCUT2D eigenvalue weighted by Gasteiger charge is 2.22. The van der Waals surface area contributed by atoms with Crippen LogP contribution in [-0.4, -0.2) is 43.4 Å². The molecule has 1 aromatic carbocycles. The number of likely N-dealkylation sites (tertiary alicyclic amines) is 1. The van der Waals surface area contributed by atoms with Gasteiger partial charge in [0.2, 0.25) is 5.91 Å². The summed E-state index contributed by atoms with van der Waals surface area (Å²) in [5, 5.41) is 5.99. The van der Waals surface area contributed by atoms with Crippen molar-refractivity contribution in [3.8, 4) is 0 Å². The van der Waals surface area contributed by atoms with E-state index in [4.69, 9.17) is 11.6 Å². The lowest BCUT2D eigenvalue weighted by Crippen LogP contribution is -2.30. The van der Waals surface area contributed by atoms with Gasteiger partial charge in [0.15, 0.2) is 0 Å². The van der Waals surface area contributed by atoms with Gasteiger partial charge in [0.05, 0.1) is 17.8 Å². The molecule has 21 heavy (non-hydrogen) atoms. The summed E-state index contributed by atoms with van der Waals surface area (Å²) in [5.41, 5.74) is 0.954. The summed E-state index contributed by atoms with van der Waals surface area (Å²) >= 11 is 5.97. The molecule has 2 amide bonds. The number of hydrogen-bond donors (Lipinski definition) is 2. The Kier molecular flexibility index (Phi) is 6.95. The molecule has 2 rings (SSSR count). The molecule has 5 nitrogen and oxygen atoms in total. The lowest BCUT2D eigenvalue weighted by Gasteiger charge is -2.18. The van der Waals surface area contributed by atoms with Gasteiger partial charge in [-0.05, 0) is 38.1 Å². The van der Waals surface area contributed by atoms with Gasteiger partial charge < -0.3 is 15.5 Å². The van der Waals surface area contributed by atoms with Crippen molar-refractivity contribution >= 4 is 41.5 Å². The Hall–Kier alpha value is -1.30. The first kappa shape index (κ1) is 17.8. The topological polar surface area (TPSA) is 61.4 Å². The Labute approximate surface area is 135 Å². The van der Waals surface area contributed by atoms with Crippen molar-refractivity contribution in [2.45, 2.75) is 12.8 Å². The lowest BCUT2D eigenvalue weighted by atomic mass is 10.1. The van der Waals surface area contributed by atoms with Crippen molar-refractivity contribution in [1.29, 1.82) is 0 Å². The quantitative estimate of drug-likeness (QED) is 0.888. The second-order valence-corrected chi connectivity index (χ2v) is 5.20. The summed E-state index contributed by atoms with van der Waals surface area (Å²) in [4.78, 5) is 25.9. The number of anilines is 1. The number of hydrogen-bond acceptors (Lipinski definition) is 3. The Morgan fingerprint density at radius 3 is 2.57 bits per heavy atom. The van der Waals surface area contributed by atoms with Gasteiger partial charge in [0.1, 0.15) is 0 Å². The monoisotopic (exact) mass is 331 g/mol. The van der Waals surface area contributed by atoms with Gasteiger partial charge in [-0.2, -0.15) is 0 Å². The molecule has 0 bridgehead atoms. The van der Waals surface area contributed by atoms with Gasteiger partial charge in [-0.3, -0.25) is 9.59 Å². The van der Waals surface area contributed by atoms with Crippen LogP contribution in [0.5, 0.6) is 0 Å². The molecule has 1 fully saturated rings. The van der Waals surface area contributed by atoms with Crippen LogP contribution in [0.15, 0.2) is 18.2 Å². The smallest absolute Gasteiger partial charge is 0.256 e. The van der Waals surface area contributed by atoms with E-state index >= 15 is 0 Å². The number of benzene rings is 1. The second kappa shape index (κ2) is 8.22. The molecular formula is C14H19Cl2N3O2. The van der Waals surface area contributed by atoms with Crippen LogP contribution in [0.25, 0.3) is 0 Å². The van der Waals surface area contributed by atoms with E-state index in [1.807, 2.05) is 0 Å². The van der Waals surface area contributed by atoms with Crippen LogP contribution in [0.4, 0.5) is 5.69 Å². The van der Waals surface area contributed by atoms with Crippen molar-refractivity contribution in [3.63, 3.8) is 0 Å². The molecule has 1 aliphatic heterocycles. The number of nitrogens with zero attached hydrogens (tertiary/aromatic N) is 1. The summed E-state index contributed by atoms with van der Waals surface area (Å²) in [6.45, 7) is 1.71. The SMILES string of the molecule is CNCC(=O)Nc1ccc(Cl)cc1C(=O)N1CCCC1.Cl. The largest absolute Gasteiger partial charge is 0.339 e. The zero-order valence-electron chi connectivity index (χ0n) is 11.8. The summed E-state index contributed by atoms with van der Waals surface area (Å²) in [6.07, 6.45) is 2.04. The van der Waals surface area contributed by atoms with Crippen LogP contribution in [-0.2, 0) is 4.79 Å². The third kappa shape index (κ3) is 4.59. The molecule has 0 aromatic heterocycles. The predicted molar refractivity (Wildman–Crippen MR) is 86.4 cm³/mol. The summed E-state index contributed by atoms with van der Waals surface area (Å²) in [6, 6.07) is 4.94. The van der Waals surface area contributed by atoms with E-state index in [9.17, 15) is 9.59 Å². The molecule has 0 unspecified atom stereocenters. The first-order chi connectivity index (χ1) is 9.61. The minimum Gasteiger partial charge on any atom is -0.339 e. The van der Waals surface area contributed by atoms with Crippen molar-refractivity contribution in [3.05, 3.63) is 28.8 Å². The average Bonchev–Trinajstić information content (AvgIpc) is 2.94. The fraction of sp³-hybridized carbons (Fsp3) is 0.429. The minimum absolute atomic E-state index is 0. The standard InChI is InChI=1S/C14H18ClN3O2.ClH/c1-16-9-13(19)17-12-5-4-10(15)8-11(12)14(20)18-6-2-3-7-18;/h4-5,8,16H,2-3,6-7,9H2,1H3,(H,17,19);1H. The first-order valence-corrected chi connectivity index (χ1v) is 7.03. The molecule has 0 saturated carbocycles. The number of likely N-dealkylation sites (N-methyl/N-ethyl adjacent to an activating group) is 1. The zero-order valence-corrected chi connectivity index (χ0v) is 13.4. The fourth-order valence-electron chi connectivity index (χ4n) is 2.25. The normalized spacial score (nSPS) is 13.7. The van der Waals surface area contributed by atoms with Crippen LogP contribution < -0.4 is 10.6 Å². The van der Waals surface area contributed by atoms with Gasteiger partial charge in [-0.25, -0.2) is 0 Å². The molecule has 1 heterocycles. The Morgan fingerprint density at radius 1 is 1.29 bits per heavy atom. The zero-order chi connectivity index (χ0) is 14.5. The van der Waals surface area contributed by atoms with E-state index in [0.29, 0.717) is 16.3 Å². The first-order valence-electron chi connectivity index (χ1n) is 6.65. The van der Waals surface area contributed by atoms with Gasteiger partial charge in [0.25, 0.3) is 5.91 Å². The van der Waals surface area contributed by atoms with Gasteiger partial charge in [-0.15, -0.1) is 12.4 Å². The number of halogens is 2. The highest BCUT2D eigenvalue weighted by molar-refractivity contribution is 6.31. The van der Waals surface area contributed by atoms with Crippen LogP contribution in [0.2, 0.25) is 5.02 Å². The summed E-state index contributed by atoms with van der Waals surface area (Å²) in [5.74, 6) is -0.268. The maximum absolute atomic E-state index is 12.5. The van der Waals surface area contributed by atoms with Crippen molar-refractivity contribution < 1.29 is 9.59 Å². The van der Waals surface area contributed by atoms with Crippen LogP contribution in [0.1, 0.15) is 23.2 Å². The van der Waals surface area contributed by atoms with E-state index in [1.54, 1.807) is 30.1 Å². The number of carbonyl (C=O) groups excluding carboxylic acids is 2. The number of amides is 2. The van der Waals surface area contributed by atoms with Gasteiger partial charge in [0, 0.05) is 18.1 Å². The van der Waals surface area contributed by atoms with Crippen molar-refractivity contribution in [2.75, 3.05) is 32.0 Å². The molecule has 0 atom stereocenters. The maximum Gasteiger partial charge on any atom is 0.256 e. The molecule has 2 N–H and O–H groups in total. The summed E-state index contributed by atoms with van der Waals surface area (Å²) in [7, 11) is 1.69. The van der Waals surface area contributed by atoms with E-state index in [2.05, 4.69) is 10.6 Å². The second-order valence-electron chi connectivity index (χ2n) is 4.77. The number of carbonyl (C=O) groups is 2. The third-order valence-corrected chi connectivity index (χ3v) is 3.45. The molecule has 1 aliphatic rings. The maximum atomic E-state index is 12.5. The molecule has 1 saturated heterocycles.